The Morgan fingerprint density at radius 2 is 1.72 bits per heavy atom. The number of nitrogens with one attached hydrogen (secondary N) is 2. The normalized spacial score (nSPS) is 10.7. The third-order valence-electron chi connectivity index (χ3n) is 4.59. The van der Waals surface area contributed by atoms with Crippen molar-refractivity contribution in [1.82, 2.24) is 9.97 Å². The van der Waals surface area contributed by atoms with E-state index in [4.69, 9.17) is 28.3 Å². The minimum Gasteiger partial charge on any atom is -0.478 e. The second kappa shape index (κ2) is 8.19. The molecule has 0 aliphatic heterocycles. The Kier molecular flexibility index (Phi) is 5.86. The number of benzene rings is 2. The summed E-state index contributed by atoms with van der Waals surface area (Å²) in [5.74, 6) is -1.41. The maximum absolute atomic E-state index is 11.4. The number of fused-ring (bicyclic) bond motifs is 2. The smallest absolute Gasteiger partial charge is 0.339 e. The molecule has 2 aromatic heterocycles. The van der Waals surface area contributed by atoms with Gasteiger partial charge in [0.1, 0.15) is 0 Å². The summed E-state index contributed by atoms with van der Waals surface area (Å²) < 4.78 is 4.66. The summed E-state index contributed by atoms with van der Waals surface area (Å²) in [5, 5.41) is 11.2. The van der Waals surface area contributed by atoms with Crippen LogP contribution >= 0.6 is 23.2 Å². The number of aromatic nitrogens is 2. The highest BCUT2D eigenvalue weighted by Gasteiger charge is 2.16. The summed E-state index contributed by atoms with van der Waals surface area (Å²) >= 11 is 12.1. The summed E-state index contributed by atoms with van der Waals surface area (Å²) in [7, 11) is 1.34. The first-order chi connectivity index (χ1) is 13.8. The summed E-state index contributed by atoms with van der Waals surface area (Å²) in [6, 6.07) is 6.80. The number of carboxylic acid groups (broad SMARTS) is 1. The molecule has 0 bridgehead atoms. The number of halogens is 2. The van der Waals surface area contributed by atoms with E-state index in [0.29, 0.717) is 15.6 Å². The lowest BCUT2D eigenvalue weighted by atomic mass is 10.1. The van der Waals surface area contributed by atoms with Gasteiger partial charge in [-0.1, -0.05) is 23.2 Å². The standard InChI is InChI=1S/C11H10ClNO2.C10H8ClNO2/c1-6-5-8(11(14)15-2)9(12)7-3-4-13-10(6)7;1-5-4-12-7-3-2-6(10(13)14)9(11)8(5)7/h3-5,13H,1-2H3;2-4,12H,1H3,(H,13,14). The zero-order valence-corrected chi connectivity index (χ0v) is 17.4. The van der Waals surface area contributed by atoms with Crippen molar-refractivity contribution >= 4 is 56.9 Å². The summed E-state index contributed by atoms with van der Waals surface area (Å²) in [6.07, 6.45) is 3.60. The molecule has 0 spiro atoms. The van der Waals surface area contributed by atoms with Gasteiger partial charge in [0.2, 0.25) is 0 Å². The number of hydrogen-bond acceptors (Lipinski definition) is 3. The molecule has 0 aliphatic rings. The van der Waals surface area contributed by atoms with Gasteiger partial charge in [0.25, 0.3) is 0 Å². The molecule has 0 radical (unpaired) electrons. The van der Waals surface area contributed by atoms with Crippen molar-refractivity contribution < 1.29 is 19.4 Å². The highest BCUT2D eigenvalue weighted by Crippen LogP contribution is 2.30. The zero-order valence-electron chi connectivity index (χ0n) is 15.9. The van der Waals surface area contributed by atoms with Crippen molar-refractivity contribution in [3.63, 3.8) is 0 Å². The maximum atomic E-state index is 11.4. The van der Waals surface area contributed by atoms with Crippen LogP contribution in [0.3, 0.4) is 0 Å². The minimum absolute atomic E-state index is 0.141. The van der Waals surface area contributed by atoms with Gasteiger partial charge in [-0.3, -0.25) is 0 Å². The zero-order chi connectivity index (χ0) is 21.3. The number of methoxy groups -OCH3 is 1. The Morgan fingerprint density at radius 1 is 1.00 bits per heavy atom. The number of aromatic carboxylic acids is 1. The van der Waals surface area contributed by atoms with Crippen LogP contribution in [-0.4, -0.2) is 34.1 Å². The molecule has 0 unspecified atom stereocenters. The highest BCUT2D eigenvalue weighted by molar-refractivity contribution is 6.39. The van der Waals surface area contributed by atoms with Gasteiger partial charge in [0.05, 0.1) is 28.3 Å². The molecule has 2 heterocycles. The molecule has 0 amide bonds. The van der Waals surface area contributed by atoms with Crippen LogP contribution in [0.4, 0.5) is 0 Å². The molecule has 0 saturated heterocycles. The Hall–Kier alpha value is -2.96. The fourth-order valence-electron chi connectivity index (χ4n) is 3.14. The predicted octanol–water partition coefficient (Wildman–Crippen LogP) is 5.74. The number of ether oxygens (including phenoxy) is 1. The lowest BCUT2D eigenvalue weighted by Crippen LogP contribution is -2.02. The number of H-pyrrole nitrogens is 2. The molecule has 0 fully saturated rings. The van der Waals surface area contributed by atoms with Gasteiger partial charge in [-0.2, -0.15) is 0 Å². The first-order valence-electron chi connectivity index (χ1n) is 8.60. The van der Waals surface area contributed by atoms with Crippen molar-refractivity contribution in [1.29, 1.82) is 0 Å². The monoisotopic (exact) mass is 432 g/mol. The van der Waals surface area contributed by atoms with E-state index in [0.717, 1.165) is 32.9 Å². The Labute approximate surface area is 176 Å². The topological polar surface area (TPSA) is 95.2 Å². The second-order valence-corrected chi connectivity index (χ2v) is 7.20. The van der Waals surface area contributed by atoms with E-state index in [9.17, 15) is 9.59 Å². The molecular formula is C21H18Cl2N2O4. The number of aromatic amines is 2. The number of carbonyl (C=O) groups excluding carboxylic acids is 1. The SMILES string of the molecule is COC(=O)c1cc(C)c2[nH]ccc2c1Cl.Cc1c[nH]c2ccc(C(=O)O)c(Cl)c12. The first-order valence-corrected chi connectivity index (χ1v) is 9.35. The first kappa shape index (κ1) is 20.8. The van der Waals surface area contributed by atoms with Gasteiger partial charge < -0.3 is 19.8 Å². The molecule has 0 aliphatic carbocycles. The molecule has 150 valence electrons. The average Bonchev–Trinajstić information content (AvgIpc) is 3.32. The van der Waals surface area contributed by atoms with Crippen LogP contribution in [-0.2, 0) is 4.74 Å². The number of carbonyl (C=O) groups is 2. The average molecular weight is 433 g/mol. The molecule has 8 heteroatoms. The van der Waals surface area contributed by atoms with E-state index >= 15 is 0 Å². The van der Waals surface area contributed by atoms with Gasteiger partial charge in [-0.05, 0) is 49.2 Å². The van der Waals surface area contributed by atoms with Crippen molar-refractivity contribution in [2.24, 2.45) is 0 Å². The van der Waals surface area contributed by atoms with Crippen molar-refractivity contribution in [3.8, 4) is 0 Å². The van der Waals surface area contributed by atoms with Crippen LogP contribution in [0.2, 0.25) is 10.0 Å². The fraction of sp³-hybridized carbons (Fsp3) is 0.143. The number of hydrogen-bond donors (Lipinski definition) is 3. The molecule has 6 nitrogen and oxygen atoms in total. The Bertz CT molecular complexity index is 1240. The molecule has 0 atom stereocenters. The number of carboxylic acids is 1. The maximum Gasteiger partial charge on any atom is 0.339 e. The van der Waals surface area contributed by atoms with Crippen molar-refractivity contribution in [3.05, 3.63) is 69.0 Å². The van der Waals surface area contributed by atoms with Crippen molar-refractivity contribution in [2.45, 2.75) is 13.8 Å². The third-order valence-corrected chi connectivity index (χ3v) is 5.39. The molecule has 0 saturated carbocycles. The van der Waals surface area contributed by atoms with Gasteiger partial charge >= 0.3 is 11.9 Å². The highest BCUT2D eigenvalue weighted by atomic mass is 35.5. The number of rotatable bonds is 2. The lowest BCUT2D eigenvalue weighted by Gasteiger charge is -2.05. The molecule has 4 rings (SSSR count). The van der Waals surface area contributed by atoms with Crippen LogP contribution in [0, 0.1) is 13.8 Å². The van der Waals surface area contributed by atoms with E-state index in [2.05, 4.69) is 14.7 Å². The predicted molar refractivity (Wildman–Crippen MR) is 114 cm³/mol. The molecular weight excluding hydrogens is 415 g/mol. The summed E-state index contributed by atoms with van der Waals surface area (Å²) in [6.45, 7) is 3.80. The van der Waals surface area contributed by atoms with E-state index in [-0.39, 0.29) is 5.56 Å². The van der Waals surface area contributed by atoms with Crippen molar-refractivity contribution in [2.75, 3.05) is 7.11 Å². The van der Waals surface area contributed by atoms with Crippen LogP contribution in [0.25, 0.3) is 21.8 Å². The van der Waals surface area contributed by atoms with Crippen LogP contribution in [0.15, 0.2) is 36.7 Å². The minimum atomic E-state index is -1.00. The Balaban J connectivity index is 0.000000166. The van der Waals surface area contributed by atoms with Crippen LogP contribution in [0.5, 0.6) is 0 Å². The number of aryl methyl sites for hydroxylation is 2. The summed E-state index contributed by atoms with van der Waals surface area (Å²) in [5.41, 5.74) is 4.28. The van der Waals surface area contributed by atoms with Gasteiger partial charge in [0, 0.05) is 34.2 Å². The van der Waals surface area contributed by atoms with E-state index in [1.165, 1.54) is 13.2 Å². The summed E-state index contributed by atoms with van der Waals surface area (Å²) in [4.78, 5) is 28.3. The second-order valence-electron chi connectivity index (χ2n) is 6.44. The third kappa shape index (κ3) is 3.81. The fourth-order valence-corrected chi connectivity index (χ4v) is 3.82. The molecule has 4 aromatic rings. The molecule has 3 N–H and O–H groups in total. The van der Waals surface area contributed by atoms with Gasteiger partial charge in [-0.15, -0.1) is 0 Å². The van der Waals surface area contributed by atoms with Gasteiger partial charge in [-0.25, -0.2) is 9.59 Å². The van der Waals surface area contributed by atoms with E-state index in [1.807, 2.05) is 26.1 Å². The lowest BCUT2D eigenvalue weighted by molar-refractivity contribution is 0.0600. The largest absolute Gasteiger partial charge is 0.478 e. The van der Waals surface area contributed by atoms with Crippen LogP contribution < -0.4 is 0 Å². The molecule has 29 heavy (non-hydrogen) atoms. The Morgan fingerprint density at radius 3 is 2.38 bits per heavy atom. The van der Waals surface area contributed by atoms with Crippen LogP contribution in [0.1, 0.15) is 31.8 Å². The van der Waals surface area contributed by atoms with E-state index in [1.54, 1.807) is 18.3 Å². The van der Waals surface area contributed by atoms with Gasteiger partial charge in [0.15, 0.2) is 0 Å². The quantitative estimate of drug-likeness (QED) is 0.351. The van der Waals surface area contributed by atoms with E-state index < -0.39 is 11.9 Å². The molecule has 2 aromatic carbocycles. The number of esters is 1.